The number of hydrogen-bond acceptors (Lipinski definition) is 11. The Bertz CT molecular complexity index is 1990. The minimum absolute atomic E-state index is 0.0274. The summed E-state index contributed by atoms with van der Waals surface area (Å²) < 4.78 is 18.0. The zero-order chi connectivity index (χ0) is 44.8. The van der Waals surface area contributed by atoms with Crippen molar-refractivity contribution in [3.8, 4) is 0 Å². The summed E-state index contributed by atoms with van der Waals surface area (Å²) in [5.74, 6) is -2.69. The normalized spacial score (nSPS) is 32.6. The number of nitrogens with one attached hydrogen (secondary N) is 2. The van der Waals surface area contributed by atoms with Gasteiger partial charge in [0.05, 0.1) is 39.9 Å². The zero-order valence-corrected chi connectivity index (χ0v) is 41.9. The maximum Gasteiger partial charge on any atom is 0.343 e. The van der Waals surface area contributed by atoms with E-state index in [1.54, 1.807) is 0 Å². The van der Waals surface area contributed by atoms with Gasteiger partial charge >= 0.3 is 17.9 Å². The van der Waals surface area contributed by atoms with Gasteiger partial charge in [0.15, 0.2) is 5.60 Å². The van der Waals surface area contributed by atoms with Gasteiger partial charge in [0.2, 0.25) is 18.1 Å². The van der Waals surface area contributed by atoms with Gasteiger partial charge in [-0.1, -0.05) is 51.1 Å². The van der Waals surface area contributed by atoms with E-state index in [1.807, 2.05) is 98.1 Å². The van der Waals surface area contributed by atoms with Crippen LogP contribution in [0, 0.1) is 57.0 Å². The van der Waals surface area contributed by atoms with Crippen LogP contribution in [-0.4, -0.2) is 69.1 Å². The molecule has 61 heavy (non-hydrogen) atoms. The fraction of sp³-hybridized carbons (Fsp3) is 0.622. The molecule has 2 amide bonds. The van der Waals surface area contributed by atoms with Crippen LogP contribution in [0.2, 0.25) is 0 Å². The van der Waals surface area contributed by atoms with E-state index in [0.29, 0.717) is 54.2 Å². The molecule has 2 aromatic carbocycles. The second-order valence-electron chi connectivity index (χ2n) is 18.3. The third-order valence-corrected chi connectivity index (χ3v) is 17.9. The Balaban J connectivity index is 1.10. The molecule has 0 heterocycles. The van der Waals surface area contributed by atoms with E-state index in [-0.39, 0.29) is 83.7 Å². The molecule has 4 fully saturated rings. The molecule has 0 bridgehead atoms. The van der Waals surface area contributed by atoms with E-state index in [1.165, 1.54) is 20.8 Å². The molecule has 0 saturated heterocycles. The molecule has 0 aliphatic heterocycles. The SMILES string of the molecule is CC(=O)Nc1c(I)c(NC(C)=O)c(I)c(C(=O)OC(C)OC(=O)[C@@]2(O)CC[C@@]3(C)[C@H](C[C@@H](O)[C@@H]4[C@@H]3C[C@H](O)[C@]3(C)[C@@H]([C@H](C)CCC(=O)OCc5ccccc5)CC[C@@H]43)C2)c1I. The molecule has 6 rings (SSSR count). The largest absolute Gasteiger partial charge is 0.461 e. The number of carbonyl (C=O) groups is 5. The first-order valence-electron chi connectivity index (χ1n) is 21.1. The van der Waals surface area contributed by atoms with Gasteiger partial charge in [0.25, 0.3) is 0 Å². The lowest BCUT2D eigenvalue weighted by Crippen LogP contribution is -2.64. The summed E-state index contributed by atoms with van der Waals surface area (Å²) in [5.41, 5.74) is -1.05. The van der Waals surface area contributed by atoms with E-state index in [4.69, 9.17) is 14.2 Å². The minimum Gasteiger partial charge on any atom is -0.461 e. The average Bonchev–Trinajstić information content (AvgIpc) is 3.56. The Morgan fingerprint density at radius 2 is 1.48 bits per heavy atom. The molecule has 12 atom stereocenters. The summed E-state index contributed by atoms with van der Waals surface area (Å²) in [7, 11) is 0. The van der Waals surface area contributed by atoms with E-state index in [0.717, 1.165) is 18.4 Å². The number of benzene rings is 2. The predicted octanol–water partition coefficient (Wildman–Crippen LogP) is 7.95. The smallest absolute Gasteiger partial charge is 0.343 e. The maximum atomic E-state index is 13.8. The molecular formula is C45H57I3N2O11. The molecule has 1 unspecified atom stereocenters. The van der Waals surface area contributed by atoms with Crippen LogP contribution in [0.15, 0.2) is 30.3 Å². The van der Waals surface area contributed by atoms with E-state index < -0.39 is 41.5 Å². The van der Waals surface area contributed by atoms with Crippen molar-refractivity contribution >= 4 is 109 Å². The zero-order valence-electron chi connectivity index (χ0n) is 35.4. The topological polar surface area (TPSA) is 198 Å². The summed E-state index contributed by atoms with van der Waals surface area (Å²) in [6.07, 6.45) is 1.54. The highest BCUT2D eigenvalue weighted by Crippen LogP contribution is 2.69. The predicted molar refractivity (Wildman–Crippen MR) is 252 cm³/mol. The van der Waals surface area contributed by atoms with Gasteiger partial charge in [0, 0.05) is 27.2 Å². The molecule has 0 spiro atoms. The van der Waals surface area contributed by atoms with Crippen LogP contribution in [0.3, 0.4) is 0 Å². The number of rotatable bonds is 12. The van der Waals surface area contributed by atoms with Crippen LogP contribution in [0.4, 0.5) is 11.4 Å². The number of anilines is 2. The molecule has 334 valence electrons. The fourth-order valence-electron chi connectivity index (χ4n) is 11.6. The molecule has 4 saturated carbocycles. The summed E-state index contributed by atoms with van der Waals surface area (Å²) >= 11 is 5.82. The van der Waals surface area contributed by atoms with Crippen molar-refractivity contribution in [2.75, 3.05) is 10.6 Å². The standard InChI is InChI=1S/C45H57I3N2O11/c1-22(12-15-33(55)59-21-26-10-8-7-9-11-26)28-13-14-29-34-30(19-32(54)44(28,29)6)43(5)16-17-45(58,20-27(43)18-31(34)53)42(57)61-25(4)60-41(56)35-36(46)39(49-23(2)51)38(48)40(37(35)47)50-24(3)52/h7-11,22,25,27-32,34,53-54,58H,12-21H2,1-6H3,(H,49,51)(H,50,52)/t22-,25?,27-,28-,29+,30+,31-,32+,34+,43+,44-,45-/m1/s1. The van der Waals surface area contributed by atoms with E-state index in [9.17, 15) is 39.3 Å². The first-order chi connectivity index (χ1) is 28.6. The van der Waals surface area contributed by atoms with Crippen LogP contribution in [0.5, 0.6) is 0 Å². The van der Waals surface area contributed by atoms with Crippen molar-refractivity contribution in [1.82, 2.24) is 0 Å². The number of fused-ring (bicyclic) bond motifs is 5. The van der Waals surface area contributed by atoms with Gasteiger partial charge in [-0.2, -0.15) is 0 Å². The number of carbonyl (C=O) groups excluding carboxylic acids is 5. The highest BCUT2D eigenvalue weighted by molar-refractivity contribution is 14.1. The highest BCUT2D eigenvalue weighted by Gasteiger charge is 2.67. The number of ether oxygens (including phenoxy) is 3. The number of esters is 3. The second-order valence-corrected chi connectivity index (χ2v) is 21.5. The van der Waals surface area contributed by atoms with Crippen LogP contribution >= 0.6 is 67.8 Å². The van der Waals surface area contributed by atoms with Gasteiger partial charge in [-0.05, 0) is 171 Å². The Hall–Kier alpha value is -2.14. The van der Waals surface area contributed by atoms with Crippen molar-refractivity contribution in [3.05, 3.63) is 52.2 Å². The summed E-state index contributed by atoms with van der Waals surface area (Å²) in [4.78, 5) is 64.2. The number of hydrogen-bond donors (Lipinski definition) is 5. The summed E-state index contributed by atoms with van der Waals surface area (Å²) in [5, 5.41) is 41.4. The first-order valence-corrected chi connectivity index (χ1v) is 24.3. The van der Waals surface area contributed by atoms with Crippen molar-refractivity contribution in [3.63, 3.8) is 0 Å². The van der Waals surface area contributed by atoms with Crippen molar-refractivity contribution in [1.29, 1.82) is 0 Å². The molecule has 16 heteroatoms. The number of aliphatic hydroxyl groups is 3. The van der Waals surface area contributed by atoms with Crippen molar-refractivity contribution < 1.29 is 53.5 Å². The molecular weight excluding hydrogens is 1130 g/mol. The van der Waals surface area contributed by atoms with Crippen LogP contribution in [-0.2, 0) is 40.0 Å². The highest BCUT2D eigenvalue weighted by atomic mass is 127. The van der Waals surface area contributed by atoms with Gasteiger partial charge in [-0.15, -0.1) is 0 Å². The fourth-order valence-corrected chi connectivity index (χ4v) is 15.7. The molecule has 0 aromatic heterocycles. The molecule has 5 N–H and O–H groups in total. The third kappa shape index (κ3) is 9.64. The quantitative estimate of drug-likeness (QED) is 0.0786. The lowest BCUT2D eigenvalue weighted by Gasteiger charge is -2.64. The van der Waals surface area contributed by atoms with Crippen LogP contribution in [0.25, 0.3) is 0 Å². The maximum absolute atomic E-state index is 13.8. The number of amides is 2. The van der Waals surface area contributed by atoms with Crippen LogP contribution in [0.1, 0.15) is 115 Å². The minimum atomic E-state index is -1.89. The Morgan fingerprint density at radius 1 is 0.852 bits per heavy atom. The Labute approximate surface area is 398 Å². The lowest BCUT2D eigenvalue weighted by molar-refractivity contribution is -0.225. The Kier molecular flexibility index (Phi) is 15.2. The first kappa shape index (κ1) is 48.3. The second kappa shape index (κ2) is 19.1. The van der Waals surface area contributed by atoms with Gasteiger partial charge in [0.1, 0.15) is 6.61 Å². The molecule has 0 radical (unpaired) electrons. The van der Waals surface area contributed by atoms with Gasteiger partial charge < -0.3 is 40.2 Å². The van der Waals surface area contributed by atoms with Gasteiger partial charge in [-0.3, -0.25) is 14.4 Å². The number of halogens is 3. The monoisotopic (exact) mass is 1180 g/mol. The Morgan fingerprint density at radius 3 is 2.08 bits per heavy atom. The molecule has 4 aliphatic rings. The molecule has 2 aromatic rings. The molecule has 13 nitrogen and oxygen atoms in total. The number of aliphatic hydroxyl groups excluding tert-OH is 2. The van der Waals surface area contributed by atoms with Crippen LogP contribution < -0.4 is 10.6 Å². The van der Waals surface area contributed by atoms with Crippen molar-refractivity contribution in [2.24, 2.45) is 46.3 Å². The van der Waals surface area contributed by atoms with E-state index >= 15 is 0 Å². The lowest BCUT2D eigenvalue weighted by atomic mass is 9.42. The molecule has 4 aliphatic carbocycles. The summed E-state index contributed by atoms with van der Waals surface area (Å²) in [6.45, 7) is 10.8. The summed E-state index contributed by atoms with van der Waals surface area (Å²) in [6, 6.07) is 9.60. The van der Waals surface area contributed by atoms with E-state index in [2.05, 4.69) is 31.4 Å². The third-order valence-electron chi connectivity index (χ3n) is 14.7. The average molecular weight is 1180 g/mol. The van der Waals surface area contributed by atoms with Crippen molar-refractivity contribution in [2.45, 2.75) is 130 Å². The van der Waals surface area contributed by atoms with Gasteiger partial charge in [-0.25, -0.2) is 9.59 Å².